The van der Waals surface area contributed by atoms with E-state index in [1.807, 2.05) is 12.1 Å². The summed E-state index contributed by atoms with van der Waals surface area (Å²) in [6, 6.07) is 88.0. The van der Waals surface area contributed by atoms with Crippen molar-refractivity contribution in [1.29, 1.82) is 0 Å². The molecular formula is C62H40N2O. The van der Waals surface area contributed by atoms with Crippen LogP contribution in [0, 0.1) is 0 Å². The fourth-order valence-electron chi connectivity index (χ4n) is 10.2. The molecule has 0 spiro atoms. The standard InChI is InChI=1S/C62H40N2O/c1-2-16-42(17-3-1)48-36-32-45(54-39-44-18-4-5-19-47(44)49-20-6-7-21-50(49)54)40-60(48)63(46-34-30-41(31-35-46)43-33-37-62-55(38-43)53-24-10-15-29-61(53)65-62)58-27-13-14-28-59(58)64-56-25-11-8-22-51(56)52-23-9-12-26-57(52)64/h1-40H. The van der Waals surface area contributed by atoms with Crippen molar-refractivity contribution in [2.75, 3.05) is 4.90 Å². The second-order valence-electron chi connectivity index (χ2n) is 16.8. The number of anilines is 3. The Kier molecular flexibility index (Phi) is 8.53. The summed E-state index contributed by atoms with van der Waals surface area (Å²) in [4.78, 5) is 2.48. The third-order valence-electron chi connectivity index (χ3n) is 13.2. The maximum Gasteiger partial charge on any atom is 0.135 e. The van der Waals surface area contributed by atoms with Crippen LogP contribution in [0.2, 0.25) is 0 Å². The van der Waals surface area contributed by atoms with Gasteiger partial charge in [-0.3, -0.25) is 0 Å². The van der Waals surface area contributed by atoms with Crippen molar-refractivity contribution < 1.29 is 4.42 Å². The van der Waals surface area contributed by atoms with Crippen LogP contribution >= 0.6 is 0 Å². The van der Waals surface area contributed by atoms with E-state index in [0.717, 1.165) is 72.5 Å². The highest BCUT2D eigenvalue weighted by Gasteiger charge is 2.24. The quantitative estimate of drug-likeness (QED) is 0.149. The van der Waals surface area contributed by atoms with E-state index in [0.29, 0.717) is 0 Å². The lowest BCUT2D eigenvalue weighted by atomic mass is 9.91. The fraction of sp³-hybridized carbons (Fsp3) is 0. The van der Waals surface area contributed by atoms with E-state index in [-0.39, 0.29) is 0 Å². The Bertz CT molecular complexity index is 3900. The lowest BCUT2D eigenvalue weighted by Crippen LogP contribution is -2.14. The molecule has 65 heavy (non-hydrogen) atoms. The summed E-state index contributed by atoms with van der Waals surface area (Å²) in [6.45, 7) is 0. The predicted molar refractivity (Wildman–Crippen MR) is 274 cm³/mol. The molecule has 3 nitrogen and oxygen atoms in total. The van der Waals surface area contributed by atoms with Gasteiger partial charge in [0.05, 0.1) is 28.1 Å². The molecule has 0 aliphatic rings. The molecule has 0 atom stereocenters. The maximum atomic E-state index is 6.21. The molecule has 13 aromatic rings. The lowest BCUT2D eigenvalue weighted by molar-refractivity contribution is 0.669. The van der Waals surface area contributed by atoms with Crippen molar-refractivity contribution in [2.24, 2.45) is 0 Å². The molecule has 2 heterocycles. The zero-order chi connectivity index (χ0) is 42.8. The van der Waals surface area contributed by atoms with Crippen molar-refractivity contribution in [1.82, 2.24) is 4.57 Å². The van der Waals surface area contributed by atoms with Crippen LogP contribution in [-0.4, -0.2) is 4.57 Å². The molecular weight excluding hydrogens is 789 g/mol. The van der Waals surface area contributed by atoms with Gasteiger partial charge >= 0.3 is 0 Å². The monoisotopic (exact) mass is 828 g/mol. The number of furan rings is 1. The molecule has 0 amide bonds. The van der Waals surface area contributed by atoms with Crippen molar-refractivity contribution in [3.05, 3.63) is 243 Å². The molecule has 304 valence electrons. The van der Waals surface area contributed by atoms with Crippen LogP contribution in [0.15, 0.2) is 247 Å². The molecule has 0 fully saturated rings. The molecule has 0 bridgehead atoms. The number of aromatic nitrogens is 1. The number of benzene rings is 11. The average Bonchev–Trinajstić information content (AvgIpc) is 3.92. The molecule has 13 rings (SSSR count). The van der Waals surface area contributed by atoms with E-state index in [9.17, 15) is 0 Å². The number of rotatable bonds is 7. The van der Waals surface area contributed by atoms with Crippen LogP contribution in [0.5, 0.6) is 0 Å². The molecule has 0 radical (unpaired) electrons. The van der Waals surface area contributed by atoms with Crippen LogP contribution in [-0.2, 0) is 0 Å². The molecule has 0 saturated carbocycles. The highest BCUT2D eigenvalue weighted by atomic mass is 16.3. The summed E-state index contributed by atoms with van der Waals surface area (Å²) in [6.07, 6.45) is 0. The van der Waals surface area contributed by atoms with Crippen LogP contribution < -0.4 is 4.90 Å². The molecule has 11 aromatic carbocycles. The van der Waals surface area contributed by atoms with Gasteiger partial charge < -0.3 is 13.9 Å². The highest BCUT2D eigenvalue weighted by molar-refractivity contribution is 6.14. The van der Waals surface area contributed by atoms with Crippen molar-refractivity contribution in [3.63, 3.8) is 0 Å². The number of nitrogens with zero attached hydrogens (tertiary/aromatic N) is 2. The Hall–Kier alpha value is -8.66. The van der Waals surface area contributed by atoms with Gasteiger partial charge in [0.25, 0.3) is 0 Å². The minimum Gasteiger partial charge on any atom is -0.456 e. The van der Waals surface area contributed by atoms with E-state index >= 15 is 0 Å². The Balaban J connectivity index is 1.07. The number of hydrogen-bond donors (Lipinski definition) is 0. The highest BCUT2D eigenvalue weighted by Crippen LogP contribution is 2.47. The summed E-state index contributed by atoms with van der Waals surface area (Å²) in [5.41, 5.74) is 15.3. The van der Waals surface area contributed by atoms with Crippen LogP contribution in [0.1, 0.15) is 0 Å². The fourth-order valence-corrected chi connectivity index (χ4v) is 10.2. The molecule has 2 aromatic heterocycles. The molecule has 0 saturated heterocycles. The Morgan fingerprint density at radius 1 is 0.308 bits per heavy atom. The second-order valence-corrected chi connectivity index (χ2v) is 16.8. The first kappa shape index (κ1) is 36.9. The Morgan fingerprint density at radius 2 is 0.892 bits per heavy atom. The zero-order valence-electron chi connectivity index (χ0n) is 35.4. The van der Waals surface area contributed by atoms with Crippen molar-refractivity contribution in [2.45, 2.75) is 0 Å². The predicted octanol–water partition coefficient (Wildman–Crippen LogP) is 17.5. The zero-order valence-corrected chi connectivity index (χ0v) is 35.4. The summed E-state index contributed by atoms with van der Waals surface area (Å²) in [5.74, 6) is 0. The Labute approximate surface area is 376 Å². The maximum absolute atomic E-state index is 6.21. The van der Waals surface area contributed by atoms with Gasteiger partial charge in [-0.1, -0.05) is 176 Å². The molecule has 3 heteroatoms. The largest absolute Gasteiger partial charge is 0.456 e. The van der Waals surface area contributed by atoms with Crippen LogP contribution in [0.25, 0.3) is 104 Å². The molecule has 0 aliphatic heterocycles. The van der Waals surface area contributed by atoms with E-state index in [1.54, 1.807) is 0 Å². The van der Waals surface area contributed by atoms with Gasteiger partial charge in [0.15, 0.2) is 0 Å². The molecule has 0 aliphatic carbocycles. The molecule has 0 N–H and O–H groups in total. The van der Waals surface area contributed by atoms with Gasteiger partial charge in [0.2, 0.25) is 0 Å². The van der Waals surface area contributed by atoms with Gasteiger partial charge in [-0.15, -0.1) is 0 Å². The smallest absolute Gasteiger partial charge is 0.135 e. The summed E-state index contributed by atoms with van der Waals surface area (Å²) < 4.78 is 8.65. The number of para-hydroxylation sites is 5. The van der Waals surface area contributed by atoms with Gasteiger partial charge in [-0.25, -0.2) is 0 Å². The number of hydrogen-bond acceptors (Lipinski definition) is 2. The van der Waals surface area contributed by atoms with E-state index in [2.05, 4.69) is 240 Å². The SMILES string of the molecule is c1ccc(-c2ccc(-c3cc4ccccc4c4ccccc34)cc2N(c2ccc(-c3ccc4oc5ccccc5c4c3)cc2)c2ccccc2-n2c3ccccc3c3ccccc32)cc1. The summed E-state index contributed by atoms with van der Waals surface area (Å²) >= 11 is 0. The number of fused-ring (bicyclic) bond motifs is 9. The summed E-state index contributed by atoms with van der Waals surface area (Å²) in [7, 11) is 0. The Morgan fingerprint density at radius 3 is 1.68 bits per heavy atom. The third kappa shape index (κ3) is 6.05. The minimum absolute atomic E-state index is 0.895. The van der Waals surface area contributed by atoms with Gasteiger partial charge in [0.1, 0.15) is 11.2 Å². The molecule has 0 unspecified atom stereocenters. The van der Waals surface area contributed by atoms with Gasteiger partial charge in [0, 0.05) is 32.8 Å². The lowest BCUT2D eigenvalue weighted by Gasteiger charge is -2.31. The van der Waals surface area contributed by atoms with Gasteiger partial charge in [-0.05, 0) is 116 Å². The average molecular weight is 829 g/mol. The third-order valence-corrected chi connectivity index (χ3v) is 13.2. The van der Waals surface area contributed by atoms with E-state index < -0.39 is 0 Å². The minimum atomic E-state index is 0.895. The first-order chi connectivity index (χ1) is 32.2. The van der Waals surface area contributed by atoms with E-state index in [1.165, 1.54) is 48.9 Å². The van der Waals surface area contributed by atoms with Crippen molar-refractivity contribution in [3.8, 4) is 39.1 Å². The first-order valence-corrected chi connectivity index (χ1v) is 22.2. The second kappa shape index (κ2) is 15.0. The van der Waals surface area contributed by atoms with Gasteiger partial charge in [-0.2, -0.15) is 0 Å². The normalized spacial score (nSPS) is 11.7. The first-order valence-electron chi connectivity index (χ1n) is 22.2. The van der Waals surface area contributed by atoms with Crippen molar-refractivity contribution >= 4 is 82.4 Å². The summed E-state index contributed by atoms with van der Waals surface area (Å²) in [5, 5.41) is 9.66. The van der Waals surface area contributed by atoms with Crippen LogP contribution in [0.3, 0.4) is 0 Å². The van der Waals surface area contributed by atoms with Crippen LogP contribution in [0.4, 0.5) is 17.1 Å². The topological polar surface area (TPSA) is 21.3 Å². The van der Waals surface area contributed by atoms with E-state index in [4.69, 9.17) is 4.42 Å².